The van der Waals surface area contributed by atoms with E-state index in [0.29, 0.717) is 23.0 Å². The molecule has 0 saturated heterocycles. The molecule has 0 radical (unpaired) electrons. The van der Waals surface area contributed by atoms with Crippen LogP contribution in [0.2, 0.25) is 10.0 Å². The molecule has 0 saturated carbocycles. The van der Waals surface area contributed by atoms with E-state index in [9.17, 15) is 9.59 Å². The van der Waals surface area contributed by atoms with Gasteiger partial charge in [0, 0.05) is 22.7 Å². The van der Waals surface area contributed by atoms with Crippen molar-refractivity contribution >= 4 is 41.3 Å². The van der Waals surface area contributed by atoms with Crippen LogP contribution in [0, 0.1) is 0 Å². The van der Waals surface area contributed by atoms with E-state index in [1.54, 1.807) is 17.0 Å². The number of hydrogen-bond acceptors (Lipinski definition) is 3. The molecule has 3 rings (SSSR count). The first-order valence-electron chi connectivity index (χ1n) is 10.6. The summed E-state index contributed by atoms with van der Waals surface area (Å²) in [6, 6.07) is 11.3. The van der Waals surface area contributed by atoms with Gasteiger partial charge < -0.3 is 15.4 Å². The topological polar surface area (TPSA) is 72.6 Å². The minimum atomic E-state index is -0.598. The van der Waals surface area contributed by atoms with Crippen LogP contribution in [0.4, 0.5) is 4.79 Å². The lowest BCUT2D eigenvalue weighted by atomic mass is 10.0. The first kappa shape index (κ1) is 24.1. The highest BCUT2D eigenvalue weighted by atomic mass is 35.5. The quantitative estimate of drug-likeness (QED) is 0.524. The molecule has 1 aliphatic rings. The van der Waals surface area contributed by atoms with E-state index in [2.05, 4.69) is 0 Å². The summed E-state index contributed by atoms with van der Waals surface area (Å²) in [7, 11) is 0. The average molecular weight is 475 g/mol. The van der Waals surface area contributed by atoms with Crippen LogP contribution in [0.3, 0.4) is 0 Å². The molecule has 1 atom stereocenters. The number of hydrogen-bond donors (Lipinski definition) is 1. The van der Waals surface area contributed by atoms with Crippen LogP contribution in [-0.4, -0.2) is 29.0 Å². The zero-order valence-corrected chi connectivity index (χ0v) is 20.0. The number of nitrogens with zero attached hydrogens (tertiary/aromatic N) is 1. The maximum absolute atomic E-state index is 13.1. The maximum Gasteiger partial charge on any atom is 0.410 e. The third-order valence-corrected chi connectivity index (χ3v) is 5.66. The van der Waals surface area contributed by atoms with Crippen molar-refractivity contribution in [3.8, 4) is 0 Å². The first-order valence-corrected chi connectivity index (χ1v) is 11.3. The summed E-state index contributed by atoms with van der Waals surface area (Å²) in [5.41, 5.74) is 8.71. The van der Waals surface area contributed by atoms with Gasteiger partial charge in [-0.05, 0) is 86.6 Å². The summed E-state index contributed by atoms with van der Waals surface area (Å²) in [6.07, 6.45) is 4.93. The fraction of sp³-hybridized carbons (Fsp3) is 0.360. The second-order valence-electron chi connectivity index (χ2n) is 8.95. The fourth-order valence-electron chi connectivity index (χ4n) is 3.92. The molecule has 0 aliphatic heterocycles. The summed E-state index contributed by atoms with van der Waals surface area (Å²) in [4.78, 5) is 26.0. The van der Waals surface area contributed by atoms with Gasteiger partial charge in [0.1, 0.15) is 5.60 Å². The Kier molecular flexibility index (Phi) is 7.52. The molecule has 1 aliphatic carbocycles. The molecule has 1 unspecified atom stereocenters. The molecule has 0 aromatic heterocycles. The van der Waals surface area contributed by atoms with E-state index >= 15 is 0 Å². The van der Waals surface area contributed by atoms with Crippen molar-refractivity contribution in [1.82, 2.24) is 4.90 Å². The summed E-state index contributed by atoms with van der Waals surface area (Å²) in [5.74, 6) is -0.486. The molecule has 170 valence electrons. The van der Waals surface area contributed by atoms with Gasteiger partial charge in [0.15, 0.2) is 0 Å². The molecule has 2 aromatic rings. The third-order valence-electron chi connectivity index (χ3n) is 5.22. The lowest BCUT2D eigenvalue weighted by molar-refractivity contribution is -0.113. The van der Waals surface area contributed by atoms with Crippen molar-refractivity contribution in [3.05, 3.63) is 74.8 Å². The highest BCUT2D eigenvalue weighted by molar-refractivity contribution is 6.34. The minimum absolute atomic E-state index is 0.0938. The Morgan fingerprint density at radius 3 is 2.47 bits per heavy atom. The molecule has 2 aromatic carbocycles. The molecule has 7 heteroatoms. The molecular formula is C25H28Cl2N2O3. The van der Waals surface area contributed by atoms with E-state index in [0.717, 1.165) is 35.1 Å². The lowest BCUT2D eigenvalue weighted by Crippen LogP contribution is -2.40. The minimum Gasteiger partial charge on any atom is -0.444 e. The number of carbonyl (C=O) groups is 2. The predicted molar refractivity (Wildman–Crippen MR) is 129 cm³/mol. The highest BCUT2D eigenvalue weighted by Crippen LogP contribution is 2.37. The van der Waals surface area contributed by atoms with E-state index in [-0.39, 0.29) is 12.1 Å². The molecule has 2 N–H and O–H groups in total. The van der Waals surface area contributed by atoms with Crippen molar-refractivity contribution in [2.45, 2.75) is 51.7 Å². The Labute approximate surface area is 199 Å². The van der Waals surface area contributed by atoms with Gasteiger partial charge in [-0.15, -0.1) is 0 Å². The zero-order valence-electron chi connectivity index (χ0n) is 18.5. The van der Waals surface area contributed by atoms with Crippen LogP contribution in [0.5, 0.6) is 0 Å². The maximum atomic E-state index is 13.1. The molecule has 0 heterocycles. The Morgan fingerprint density at radius 2 is 1.84 bits per heavy atom. The van der Waals surface area contributed by atoms with Crippen LogP contribution >= 0.6 is 23.2 Å². The van der Waals surface area contributed by atoms with Gasteiger partial charge in [-0.25, -0.2) is 4.79 Å². The van der Waals surface area contributed by atoms with Gasteiger partial charge >= 0.3 is 6.09 Å². The number of primary amides is 1. The van der Waals surface area contributed by atoms with Crippen LogP contribution in [0.1, 0.15) is 55.5 Å². The zero-order chi connectivity index (χ0) is 23.5. The van der Waals surface area contributed by atoms with Crippen molar-refractivity contribution < 1.29 is 14.3 Å². The number of fused-ring (bicyclic) bond motifs is 1. The molecule has 0 spiro atoms. The smallest absolute Gasteiger partial charge is 0.410 e. The molecular weight excluding hydrogens is 447 g/mol. The summed E-state index contributed by atoms with van der Waals surface area (Å²) in [6.45, 7) is 6.05. The molecule has 5 nitrogen and oxygen atoms in total. The number of benzene rings is 2. The van der Waals surface area contributed by atoms with Gasteiger partial charge in [0.05, 0.1) is 6.04 Å². The lowest BCUT2D eigenvalue weighted by Gasteiger charge is -2.32. The number of rotatable bonds is 6. The van der Waals surface area contributed by atoms with Crippen LogP contribution in [0.15, 0.2) is 42.5 Å². The van der Waals surface area contributed by atoms with Crippen LogP contribution < -0.4 is 5.73 Å². The van der Waals surface area contributed by atoms with E-state index in [1.807, 2.05) is 51.1 Å². The fourth-order valence-corrected chi connectivity index (χ4v) is 4.49. The number of aryl methyl sites for hydroxylation is 1. The van der Waals surface area contributed by atoms with Crippen LogP contribution in [-0.2, 0) is 22.4 Å². The number of halogens is 2. The molecule has 2 amide bonds. The Bertz CT molecular complexity index is 1020. The predicted octanol–water partition coefficient (Wildman–Crippen LogP) is 5.96. The number of amides is 2. The van der Waals surface area contributed by atoms with Gasteiger partial charge in [0.25, 0.3) is 0 Å². The molecule has 0 bridgehead atoms. The Morgan fingerprint density at radius 1 is 1.16 bits per heavy atom. The Balaban J connectivity index is 1.85. The number of ether oxygens (including phenoxy) is 1. The molecule has 0 fully saturated rings. The first-order chi connectivity index (χ1) is 15.0. The van der Waals surface area contributed by atoms with E-state index in [1.165, 1.54) is 6.08 Å². The van der Waals surface area contributed by atoms with Crippen molar-refractivity contribution in [2.24, 2.45) is 5.73 Å². The standard InChI is InChI=1S/C25H28Cl2N2O3/c1-25(2,3)32-24(31)29(11-10-17-13-19(26)15-20(27)14-17)22-8-6-18-12-16(4-7-21(18)22)5-9-23(28)30/h4-5,7,9,12-15,22H,6,8,10-11H2,1-3H3,(H2,28,30)/b9-5+. The van der Waals surface area contributed by atoms with Crippen molar-refractivity contribution in [3.63, 3.8) is 0 Å². The summed E-state index contributed by atoms with van der Waals surface area (Å²) < 4.78 is 5.72. The second kappa shape index (κ2) is 9.97. The largest absolute Gasteiger partial charge is 0.444 e. The molecule has 32 heavy (non-hydrogen) atoms. The monoisotopic (exact) mass is 474 g/mol. The number of carbonyl (C=O) groups excluding carboxylic acids is 2. The van der Waals surface area contributed by atoms with Gasteiger partial charge in [-0.3, -0.25) is 4.79 Å². The van der Waals surface area contributed by atoms with E-state index in [4.69, 9.17) is 33.7 Å². The van der Waals surface area contributed by atoms with Gasteiger partial charge in [-0.2, -0.15) is 0 Å². The van der Waals surface area contributed by atoms with Gasteiger partial charge in [0.2, 0.25) is 5.91 Å². The number of nitrogens with two attached hydrogens (primary N) is 1. The summed E-state index contributed by atoms with van der Waals surface area (Å²) >= 11 is 12.3. The van der Waals surface area contributed by atoms with Crippen LogP contribution in [0.25, 0.3) is 6.08 Å². The Hall–Kier alpha value is -2.50. The normalized spacial score (nSPS) is 15.6. The third kappa shape index (κ3) is 6.50. The van der Waals surface area contributed by atoms with Crippen molar-refractivity contribution in [1.29, 1.82) is 0 Å². The average Bonchev–Trinajstić information content (AvgIpc) is 3.07. The highest BCUT2D eigenvalue weighted by Gasteiger charge is 2.33. The second-order valence-corrected chi connectivity index (χ2v) is 9.82. The van der Waals surface area contributed by atoms with E-state index < -0.39 is 11.5 Å². The van der Waals surface area contributed by atoms with Crippen molar-refractivity contribution in [2.75, 3.05) is 6.54 Å². The summed E-state index contributed by atoms with van der Waals surface area (Å²) in [5, 5.41) is 1.14. The SMILES string of the molecule is CC(C)(C)OC(=O)N(CCc1cc(Cl)cc(Cl)c1)C1CCc2cc(/C=C/C(N)=O)ccc21. The van der Waals surface area contributed by atoms with Gasteiger partial charge in [-0.1, -0.05) is 41.4 Å².